The van der Waals surface area contributed by atoms with E-state index in [-0.39, 0.29) is 65.8 Å². The van der Waals surface area contributed by atoms with Crippen LogP contribution in [0.1, 0.15) is 118 Å². The van der Waals surface area contributed by atoms with Gasteiger partial charge in [0.1, 0.15) is 0 Å². The topological polar surface area (TPSA) is 141 Å². The van der Waals surface area contributed by atoms with Gasteiger partial charge in [-0.3, -0.25) is 14.2 Å². The van der Waals surface area contributed by atoms with Crippen LogP contribution in [0.3, 0.4) is 0 Å². The number of amides is 2. The Morgan fingerprint density at radius 1 is 1.18 bits per heavy atom. The Labute approximate surface area is 230 Å². The van der Waals surface area contributed by atoms with Crippen LogP contribution in [0.25, 0.3) is 5.65 Å². The number of nitrogens with one attached hydrogen (secondary N) is 2. The predicted molar refractivity (Wildman–Crippen MR) is 138 cm³/mol. The van der Waals surface area contributed by atoms with Gasteiger partial charge >= 0.3 is 11.6 Å². The molecule has 2 amide bonds. The number of alkyl halides is 2. The maximum atomic E-state index is 14.0. The Morgan fingerprint density at radius 3 is 2.52 bits per heavy atom. The minimum absolute atomic E-state index is 0.00629. The first-order valence-corrected chi connectivity index (χ1v) is 14.0. The molecule has 0 spiro atoms. The maximum Gasteiger partial charge on any atom is 0.308 e. The van der Waals surface area contributed by atoms with Gasteiger partial charge in [-0.2, -0.15) is 5.10 Å². The molecule has 0 unspecified atom stereocenters. The van der Waals surface area contributed by atoms with E-state index in [1.54, 1.807) is 30.8 Å². The van der Waals surface area contributed by atoms with Crippen molar-refractivity contribution in [2.75, 3.05) is 0 Å². The average Bonchev–Trinajstić information content (AvgIpc) is 3.53. The monoisotopic (exact) mass is 559 g/mol. The first kappa shape index (κ1) is 27.9. The normalized spacial score (nSPS) is 19.1. The average molecular weight is 560 g/mol. The highest BCUT2D eigenvalue weighted by molar-refractivity contribution is 5.93. The SMILES string of the molecule is CCCC(=O)N[C@@H](c1cnn2cc([C@@H](NC(=O)c3no[n+]([O-])c3C(C)C)C3CCC(F)(F)CC3)nc2c1)C1CC1. The summed E-state index contributed by atoms with van der Waals surface area (Å²) in [5.74, 6) is -3.68. The zero-order valence-corrected chi connectivity index (χ0v) is 22.9. The fourth-order valence-corrected chi connectivity index (χ4v) is 5.54. The summed E-state index contributed by atoms with van der Waals surface area (Å²) in [6.07, 6.45) is 6.43. The highest BCUT2D eigenvalue weighted by Gasteiger charge is 2.41. The molecule has 0 aliphatic heterocycles. The molecule has 2 saturated carbocycles. The molecule has 0 bridgehead atoms. The molecule has 2 aliphatic carbocycles. The second-order valence-electron chi connectivity index (χ2n) is 11.4. The van der Waals surface area contributed by atoms with E-state index in [9.17, 15) is 23.6 Å². The van der Waals surface area contributed by atoms with E-state index in [1.165, 1.54) is 0 Å². The van der Waals surface area contributed by atoms with Crippen molar-refractivity contribution < 1.29 is 27.9 Å². The third kappa shape index (κ3) is 5.92. The van der Waals surface area contributed by atoms with Crippen molar-refractivity contribution in [2.45, 2.75) is 96.1 Å². The summed E-state index contributed by atoms with van der Waals surface area (Å²) in [6, 6.07) is 0.997. The van der Waals surface area contributed by atoms with Crippen molar-refractivity contribution in [2.24, 2.45) is 11.8 Å². The molecule has 216 valence electrons. The number of carbonyl (C=O) groups excluding carboxylic acids is 2. The van der Waals surface area contributed by atoms with Crippen LogP contribution in [0.2, 0.25) is 0 Å². The Morgan fingerprint density at radius 2 is 1.88 bits per heavy atom. The lowest BCUT2D eigenvalue weighted by atomic mass is 9.81. The lowest BCUT2D eigenvalue weighted by molar-refractivity contribution is -0.808. The predicted octanol–water partition coefficient (Wildman–Crippen LogP) is 4.14. The fraction of sp³-hybridized carbons (Fsp3) is 0.630. The van der Waals surface area contributed by atoms with Crippen LogP contribution in [-0.4, -0.2) is 37.5 Å². The molecule has 40 heavy (non-hydrogen) atoms. The summed E-state index contributed by atoms with van der Waals surface area (Å²) in [5, 5.41) is 26.2. The van der Waals surface area contributed by atoms with Crippen molar-refractivity contribution in [3.63, 3.8) is 0 Å². The lowest BCUT2D eigenvalue weighted by Crippen LogP contribution is -2.38. The van der Waals surface area contributed by atoms with Gasteiger partial charge in [-0.15, -0.1) is 0 Å². The van der Waals surface area contributed by atoms with Crippen LogP contribution in [0.5, 0.6) is 0 Å². The first-order valence-electron chi connectivity index (χ1n) is 14.0. The summed E-state index contributed by atoms with van der Waals surface area (Å²) in [4.78, 5) is 30.6. The Hall–Kier alpha value is -3.64. The van der Waals surface area contributed by atoms with Crippen LogP contribution in [0.15, 0.2) is 23.1 Å². The molecular weight excluding hydrogens is 524 g/mol. The molecule has 11 nitrogen and oxygen atoms in total. The third-order valence-electron chi connectivity index (χ3n) is 7.85. The van der Waals surface area contributed by atoms with Crippen LogP contribution in [0.4, 0.5) is 8.78 Å². The third-order valence-corrected chi connectivity index (χ3v) is 7.85. The van der Waals surface area contributed by atoms with E-state index in [4.69, 9.17) is 4.98 Å². The molecule has 2 fully saturated rings. The van der Waals surface area contributed by atoms with E-state index in [1.807, 2.05) is 13.0 Å². The van der Waals surface area contributed by atoms with Crippen LogP contribution in [-0.2, 0) is 4.79 Å². The molecule has 5 rings (SSSR count). The summed E-state index contributed by atoms with van der Waals surface area (Å²) in [6.45, 7) is 5.44. The van der Waals surface area contributed by atoms with Gasteiger partial charge in [0.2, 0.25) is 17.5 Å². The molecule has 0 saturated heterocycles. The molecule has 2 atom stereocenters. The molecular formula is C27H35F2N7O4. The fourth-order valence-electron chi connectivity index (χ4n) is 5.54. The number of halogens is 2. The summed E-state index contributed by atoms with van der Waals surface area (Å²) < 4.78 is 34.3. The number of aromatic nitrogens is 5. The van der Waals surface area contributed by atoms with E-state index in [2.05, 4.69) is 25.5 Å². The number of hydrogen-bond donors (Lipinski definition) is 2. The number of rotatable bonds is 10. The number of carbonyl (C=O) groups is 2. The molecule has 3 heterocycles. The standard InChI is InChI=1S/C27H35F2N7O4/c1-4-5-21(37)32-22(16-6-7-16)18-12-20-31-19(14-35(20)30-13-18)23(17-8-10-27(28,29)11-9-17)33-26(38)24-25(15(2)3)36(39)40-34-24/h12-17,22-23H,4-11H2,1-3H3,(H,32,37)(H,33,38)/t22-,23+/m1/s1. The van der Waals surface area contributed by atoms with Crippen LogP contribution < -0.4 is 15.5 Å². The number of imidazole rings is 1. The zero-order valence-electron chi connectivity index (χ0n) is 22.9. The van der Waals surface area contributed by atoms with Gasteiger partial charge in [0.15, 0.2) is 5.65 Å². The molecule has 0 aromatic carbocycles. The largest absolute Gasteiger partial charge is 0.359 e. The highest BCUT2D eigenvalue weighted by Crippen LogP contribution is 2.43. The molecule has 3 aromatic rings. The maximum absolute atomic E-state index is 14.0. The molecule has 3 aromatic heterocycles. The van der Waals surface area contributed by atoms with E-state index in [0.29, 0.717) is 23.7 Å². The Kier molecular flexibility index (Phi) is 7.74. The minimum atomic E-state index is -2.74. The number of nitrogens with zero attached hydrogens (tertiary/aromatic N) is 5. The van der Waals surface area contributed by atoms with Crippen LogP contribution in [0, 0.1) is 17.0 Å². The molecule has 0 radical (unpaired) electrons. The number of fused-ring (bicyclic) bond motifs is 1. The summed E-state index contributed by atoms with van der Waals surface area (Å²) in [5.41, 5.74) is 1.78. The zero-order chi connectivity index (χ0) is 28.6. The Balaban J connectivity index is 1.45. The van der Waals surface area contributed by atoms with E-state index >= 15 is 0 Å². The van der Waals surface area contributed by atoms with Gasteiger partial charge in [-0.1, -0.05) is 20.8 Å². The van der Waals surface area contributed by atoms with Crippen LogP contribution >= 0.6 is 0 Å². The molecule has 13 heteroatoms. The van der Waals surface area contributed by atoms with Gasteiger partial charge in [-0.05, 0) is 60.5 Å². The minimum Gasteiger partial charge on any atom is -0.359 e. The van der Waals surface area contributed by atoms with E-state index < -0.39 is 17.9 Å². The van der Waals surface area contributed by atoms with Gasteiger partial charge in [-0.25, -0.2) is 18.3 Å². The Bertz CT molecular complexity index is 1370. The summed E-state index contributed by atoms with van der Waals surface area (Å²) in [7, 11) is 0. The van der Waals surface area contributed by atoms with Gasteiger partial charge in [0.05, 0.1) is 35.3 Å². The second-order valence-corrected chi connectivity index (χ2v) is 11.4. The lowest BCUT2D eigenvalue weighted by Gasteiger charge is -2.33. The smallest absolute Gasteiger partial charge is 0.308 e. The van der Waals surface area contributed by atoms with E-state index in [0.717, 1.165) is 24.8 Å². The highest BCUT2D eigenvalue weighted by atomic mass is 19.3. The molecule has 2 N–H and O–H groups in total. The second kappa shape index (κ2) is 11.1. The molecule has 2 aliphatic rings. The van der Waals surface area contributed by atoms with Crippen molar-refractivity contribution in [3.8, 4) is 0 Å². The quantitative estimate of drug-likeness (QED) is 0.356. The van der Waals surface area contributed by atoms with Crippen molar-refractivity contribution in [1.29, 1.82) is 0 Å². The van der Waals surface area contributed by atoms with Crippen molar-refractivity contribution in [3.05, 3.63) is 46.3 Å². The van der Waals surface area contributed by atoms with Crippen molar-refractivity contribution >= 4 is 17.5 Å². The van der Waals surface area contributed by atoms with Gasteiger partial charge in [0.25, 0.3) is 0 Å². The first-order chi connectivity index (χ1) is 19.1. The van der Waals surface area contributed by atoms with Gasteiger partial charge in [0, 0.05) is 25.2 Å². The van der Waals surface area contributed by atoms with Gasteiger partial charge < -0.3 is 15.8 Å². The number of hydrogen-bond acceptors (Lipinski definition) is 7. The van der Waals surface area contributed by atoms with Crippen molar-refractivity contribution in [1.82, 2.24) is 30.4 Å². The summed E-state index contributed by atoms with van der Waals surface area (Å²) >= 11 is 0.